The maximum atomic E-state index is 12.0. The molecule has 0 spiro atoms. The molecule has 1 saturated heterocycles. The second-order valence-corrected chi connectivity index (χ2v) is 17.8. The number of hydrogen-bond acceptors (Lipinski definition) is 3. The topological polar surface area (TPSA) is 60.8 Å². The quantitative estimate of drug-likeness (QED) is 0.119. The second kappa shape index (κ2) is 19.0. The van der Waals surface area contributed by atoms with E-state index in [4.69, 9.17) is 0 Å². The van der Waals surface area contributed by atoms with E-state index < -0.39 is 12.0 Å². The lowest BCUT2D eigenvalue weighted by atomic mass is 9.59. The Morgan fingerprint density at radius 3 is 2.37 bits per heavy atom. The van der Waals surface area contributed by atoms with E-state index in [2.05, 4.69) is 87.3 Å². The Balaban J connectivity index is 1.45. The molecule has 10 atom stereocenters. The molecule has 3 aliphatic rings. The minimum Gasteiger partial charge on any atom is -0.480 e. The van der Waals surface area contributed by atoms with Crippen molar-refractivity contribution in [2.75, 3.05) is 6.54 Å². The zero-order chi connectivity index (χ0) is 36.5. The van der Waals surface area contributed by atoms with Crippen molar-refractivity contribution in [1.29, 1.82) is 0 Å². The Labute approximate surface area is 302 Å². The summed E-state index contributed by atoms with van der Waals surface area (Å²) < 4.78 is 0. The number of carboxylic acids is 1. The molecule has 4 heteroatoms. The van der Waals surface area contributed by atoms with Crippen molar-refractivity contribution in [3.05, 3.63) is 59.9 Å². The van der Waals surface area contributed by atoms with Gasteiger partial charge in [-0.15, -0.1) is 0 Å². The highest BCUT2D eigenvalue weighted by Gasteiger charge is 2.45. The van der Waals surface area contributed by atoms with E-state index in [-0.39, 0.29) is 23.4 Å². The van der Waals surface area contributed by atoms with E-state index in [1.54, 1.807) is 5.57 Å². The third kappa shape index (κ3) is 12.0. The number of rotatable bonds is 17. The third-order valence-electron chi connectivity index (χ3n) is 13.2. The van der Waals surface area contributed by atoms with E-state index in [1.807, 2.05) is 4.90 Å². The van der Waals surface area contributed by atoms with Crippen LogP contribution in [0.1, 0.15) is 152 Å². The first-order valence-corrected chi connectivity index (χ1v) is 20.1. The first-order valence-electron chi connectivity index (χ1n) is 20.1. The zero-order valence-corrected chi connectivity index (χ0v) is 33.0. The summed E-state index contributed by atoms with van der Waals surface area (Å²) in [4.78, 5) is 14.0. The Bertz CT molecular complexity index is 1200. The largest absolute Gasteiger partial charge is 0.480 e. The van der Waals surface area contributed by atoms with Crippen LogP contribution in [-0.2, 0) is 4.79 Å². The molecule has 4 nitrogen and oxygen atoms in total. The number of piperidine rings is 1. The first kappa shape index (κ1) is 41.4. The highest BCUT2D eigenvalue weighted by Crippen LogP contribution is 2.51. The molecule has 0 radical (unpaired) electrons. The molecular weight excluding hydrogens is 602 g/mol. The normalized spacial score (nSPS) is 31.9. The summed E-state index contributed by atoms with van der Waals surface area (Å²) in [5.74, 6) is 3.19. The Hall–Kier alpha value is -2.07. The van der Waals surface area contributed by atoms with Crippen molar-refractivity contribution < 1.29 is 15.0 Å². The molecule has 0 aromatic heterocycles. The summed E-state index contributed by atoms with van der Waals surface area (Å²) in [5.41, 5.74) is 5.90. The maximum absolute atomic E-state index is 12.0. The van der Waals surface area contributed by atoms with Crippen molar-refractivity contribution in [2.24, 2.45) is 46.8 Å². The standard InChI is InChI=1S/C45H75NO3/c1-30-15-14-16-40(26-30)27-36(7)35(6)25-34(5)24-32(3)19-18-31(2)23-33(4)20-21-41-29-45(11,37(8)28-43(41)47)38(9)39(10)46-22-13-12-17-42(46)44(48)49/h18,27,30,33-35,37,40-43,47H,3,9-10,12-17,19-26,28-29H2,1-2,4-8,11H3,(H,48,49)/b31-18+,36-27+. The monoisotopic (exact) mass is 678 g/mol. The van der Waals surface area contributed by atoms with Gasteiger partial charge in [0.2, 0.25) is 0 Å². The van der Waals surface area contributed by atoms with Gasteiger partial charge >= 0.3 is 5.97 Å². The van der Waals surface area contributed by atoms with Crippen LogP contribution in [0.4, 0.5) is 0 Å². The fraction of sp³-hybridized carbons (Fsp3) is 0.756. The van der Waals surface area contributed by atoms with Crippen molar-refractivity contribution in [3.63, 3.8) is 0 Å². The summed E-state index contributed by atoms with van der Waals surface area (Å²) in [6, 6.07) is -0.519. The smallest absolute Gasteiger partial charge is 0.326 e. The van der Waals surface area contributed by atoms with Gasteiger partial charge in [-0.2, -0.15) is 0 Å². The summed E-state index contributed by atoms with van der Waals surface area (Å²) >= 11 is 0. The van der Waals surface area contributed by atoms with E-state index in [0.717, 1.165) is 87.4 Å². The fourth-order valence-corrected chi connectivity index (χ4v) is 9.60. The van der Waals surface area contributed by atoms with Crippen LogP contribution in [0, 0.1) is 46.8 Å². The predicted octanol–water partition coefficient (Wildman–Crippen LogP) is 11.9. The molecule has 3 rings (SSSR count). The predicted molar refractivity (Wildman–Crippen MR) is 209 cm³/mol. The molecule has 2 N–H and O–H groups in total. The average Bonchev–Trinajstić information content (AvgIpc) is 3.04. The molecule has 278 valence electrons. The van der Waals surface area contributed by atoms with Gasteiger partial charge < -0.3 is 15.1 Å². The molecule has 2 saturated carbocycles. The highest BCUT2D eigenvalue weighted by atomic mass is 16.4. The second-order valence-electron chi connectivity index (χ2n) is 17.8. The van der Waals surface area contributed by atoms with Crippen LogP contribution < -0.4 is 0 Å². The summed E-state index contributed by atoms with van der Waals surface area (Å²) in [7, 11) is 0. The number of aliphatic hydroxyl groups excluding tert-OH is 1. The van der Waals surface area contributed by atoms with Gasteiger partial charge in [-0.05, 0) is 143 Å². The SMILES string of the molecule is C=C(C/C=C(\C)CC(C)CCC1CC(C)(C(=C)C(=C)N2CCCCC2C(=O)O)C(C)CC1O)CC(C)CC(C)/C(C)=C/C1CCCC(C)C1. The van der Waals surface area contributed by atoms with Crippen LogP contribution in [-0.4, -0.2) is 39.8 Å². The van der Waals surface area contributed by atoms with Gasteiger partial charge in [0.15, 0.2) is 0 Å². The van der Waals surface area contributed by atoms with Crippen molar-refractivity contribution >= 4 is 5.97 Å². The molecule has 49 heavy (non-hydrogen) atoms. The molecule has 10 unspecified atom stereocenters. The molecule has 2 aliphatic carbocycles. The van der Waals surface area contributed by atoms with Crippen molar-refractivity contribution in [1.82, 2.24) is 4.90 Å². The van der Waals surface area contributed by atoms with E-state index in [0.29, 0.717) is 24.2 Å². The molecule has 1 aliphatic heterocycles. The van der Waals surface area contributed by atoms with E-state index in [1.165, 1.54) is 43.3 Å². The number of likely N-dealkylation sites (tertiary alicyclic amines) is 1. The van der Waals surface area contributed by atoms with E-state index in [9.17, 15) is 15.0 Å². The molecule has 0 amide bonds. The minimum atomic E-state index is -0.770. The number of aliphatic carboxylic acids is 1. The number of hydrogen-bond donors (Lipinski definition) is 2. The number of carboxylic acid groups (broad SMARTS) is 1. The van der Waals surface area contributed by atoms with Gasteiger partial charge in [-0.25, -0.2) is 4.79 Å². The highest BCUT2D eigenvalue weighted by molar-refractivity contribution is 5.74. The van der Waals surface area contributed by atoms with Gasteiger partial charge in [0.1, 0.15) is 6.04 Å². The number of allylic oxidation sites excluding steroid dienone is 6. The minimum absolute atomic E-state index is 0.209. The Morgan fingerprint density at radius 2 is 1.69 bits per heavy atom. The molecule has 0 bridgehead atoms. The van der Waals surface area contributed by atoms with Gasteiger partial charge in [0.05, 0.1) is 6.10 Å². The van der Waals surface area contributed by atoms with Gasteiger partial charge in [-0.1, -0.05) is 109 Å². The lowest BCUT2D eigenvalue weighted by Crippen LogP contribution is -2.47. The third-order valence-corrected chi connectivity index (χ3v) is 13.2. The lowest BCUT2D eigenvalue weighted by molar-refractivity contribution is -0.143. The molecule has 3 fully saturated rings. The lowest BCUT2D eigenvalue weighted by Gasteiger charge is -2.49. The van der Waals surface area contributed by atoms with Gasteiger partial charge in [-0.3, -0.25) is 0 Å². The fourth-order valence-electron chi connectivity index (χ4n) is 9.60. The first-order chi connectivity index (χ1) is 23.0. The van der Waals surface area contributed by atoms with Crippen LogP contribution in [0.3, 0.4) is 0 Å². The Kier molecular flexibility index (Phi) is 16.0. The average molecular weight is 678 g/mol. The number of carbonyl (C=O) groups is 1. The van der Waals surface area contributed by atoms with Crippen LogP contribution >= 0.6 is 0 Å². The van der Waals surface area contributed by atoms with Crippen molar-refractivity contribution in [2.45, 2.75) is 164 Å². The molecule has 1 heterocycles. The summed E-state index contributed by atoms with van der Waals surface area (Å²) in [6.45, 7) is 32.8. The molecule has 0 aromatic rings. The van der Waals surface area contributed by atoms with Crippen LogP contribution in [0.25, 0.3) is 0 Å². The summed E-state index contributed by atoms with van der Waals surface area (Å²) in [6.07, 6.45) is 20.9. The number of nitrogens with zero attached hydrogens (tertiary/aromatic N) is 1. The number of aliphatic hydroxyl groups is 1. The van der Waals surface area contributed by atoms with Crippen LogP contribution in [0.2, 0.25) is 0 Å². The van der Waals surface area contributed by atoms with Crippen LogP contribution in [0.5, 0.6) is 0 Å². The Morgan fingerprint density at radius 1 is 0.980 bits per heavy atom. The molecule has 0 aromatic carbocycles. The van der Waals surface area contributed by atoms with Crippen molar-refractivity contribution in [3.8, 4) is 0 Å². The van der Waals surface area contributed by atoms with E-state index >= 15 is 0 Å². The zero-order valence-electron chi connectivity index (χ0n) is 33.0. The van der Waals surface area contributed by atoms with Crippen LogP contribution in [0.15, 0.2) is 59.9 Å². The van der Waals surface area contributed by atoms with Gasteiger partial charge in [0.25, 0.3) is 0 Å². The molecular formula is C45H75NO3. The van der Waals surface area contributed by atoms with Gasteiger partial charge in [0, 0.05) is 12.2 Å². The summed E-state index contributed by atoms with van der Waals surface area (Å²) in [5, 5.41) is 21.0. The maximum Gasteiger partial charge on any atom is 0.326 e.